The first kappa shape index (κ1) is 16.9. The molecule has 3 rings (SSSR count). The van der Waals surface area contributed by atoms with Crippen LogP contribution in [0, 0.1) is 12.7 Å². The predicted octanol–water partition coefficient (Wildman–Crippen LogP) is 5.18. The first-order valence-electron chi connectivity index (χ1n) is 7.58. The molecule has 3 aromatic rings. The van der Waals surface area contributed by atoms with Crippen molar-refractivity contribution in [3.8, 4) is 0 Å². The second kappa shape index (κ2) is 7.32. The van der Waals surface area contributed by atoms with E-state index >= 15 is 0 Å². The fourth-order valence-corrected chi connectivity index (χ4v) is 2.42. The number of para-hydroxylation sites is 1. The summed E-state index contributed by atoms with van der Waals surface area (Å²) in [5.41, 5.74) is 3.51. The first-order chi connectivity index (χ1) is 12.0. The van der Waals surface area contributed by atoms with Gasteiger partial charge in [0.2, 0.25) is 0 Å². The molecule has 0 saturated carbocycles. The average Bonchev–Trinajstić information content (AvgIpc) is 2.61. The van der Waals surface area contributed by atoms with Gasteiger partial charge in [0.1, 0.15) is 11.5 Å². The Labute approximate surface area is 149 Å². The molecule has 0 unspecified atom stereocenters. The minimum atomic E-state index is -0.538. The van der Waals surface area contributed by atoms with Gasteiger partial charge in [0.25, 0.3) is 5.91 Å². The number of halogens is 2. The van der Waals surface area contributed by atoms with Crippen LogP contribution < -0.4 is 10.6 Å². The number of rotatable bonds is 4. The zero-order valence-corrected chi connectivity index (χ0v) is 14.1. The molecule has 0 saturated heterocycles. The maximum atomic E-state index is 13.1. The monoisotopic (exact) mass is 355 g/mol. The van der Waals surface area contributed by atoms with Crippen molar-refractivity contribution in [2.75, 3.05) is 10.6 Å². The lowest BCUT2D eigenvalue weighted by atomic mass is 10.2. The third kappa shape index (κ3) is 4.14. The average molecular weight is 356 g/mol. The molecule has 0 bridgehead atoms. The Morgan fingerprint density at radius 3 is 2.52 bits per heavy atom. The number of aromatic nitrogens is 1. The van der Waals surface area contributed by atoms with Crippen LogP contribution in [0.2, 0.25) is 5.02 Å². The van der Waals surface area contributed by atoms with Crippen LogP contribution in [0.15, 0.2) is 60.8 Å². The molecule has 0 aliphatic carbocycles. The van der Waals surface area contributed by atoms with Gasteiger partial charge in [-0.25, -0.2) is 9.37 Å². The van der Waals surface area contributed by atoms with E-state index in [0.717, 1.165) is 16.9 Å². The van der Waals surface area contributed by atoms with Crippen LogP contribution in [0.5, 0.6) is 0 Å². The number of carbonyl (C=O) groups is 1. The molecule has 0 atom stereocenters. The Kier molecular flexibility index (Phi) is 4.95. The second-order valence-electron chi connectivity index (χ2n) is 5.46. The van der Waals surface area contributed by atoms with Crippen LogP contribution >= 0.6 is 11.6 Å². The highest BCUT2D eigenvalue weighted by atomic mass is 35.5. The maximum Gasteiger partial charge on any atom is 0.274 e. The first-order valence-corrected chi connectivity index (χ1v) is 7.96. The number of pyridine rings is 1. The van der Waals surface area contributed by atoms with E-state index in [-0.39, 0.29) is 10.7 Å². The van der Waals surface area contributed by atoms with E-state index in [0.29, 0.717) is 5.69 Å². The van der Waals surface area contributed by atoms with Gasteiger partial charge in [-0.1, -0.05) is 29.8 Å². The number of nitrogens with zero attached hydrogens (tertiary/aromatic N) is 1. The number of nitrogens with one attached hydrogen (secondary N) is 2. The summed E-state index contributed by atoms with van der Waals surface area (Å²) in [4.78, 5) is 16.4. The Morgan fingerprint density at radius 1 is 1.08 bits per heavy atom. The molecule has 25 heavy (non-hydrogen) atoms. The summed E-state index contributed by atoms with van der Waals surface area (Å²) in [5.74, 6) is -0.936. The third-order valence-corrected chi connectivity index (χ3v) is 3.89. The summed E-state index contributed by atoms with van der Waals surface area (Å²) < 4.78 is 13.1. The molecule has 0 aliphatic rings. The number of amides is 1. The predicted molar refractivity (Wildman–Crippen MR) is 98.1 cm³/mol. The van der Waals surface area contributed by atoms with E-state index in [2.05, 4.69) is 15.6 Å². The van der Waals surface area contributed by atoms with Crippen molar-refractivity contribution in [3.05, 3.63) is 82.9 Å². The summed E-state index contributed by atoms with van der Waals surface area (Å²) in [7, 11) is 0. The molecule has 0 radical (unpaired) electrons. The summed E-state index contributed by atoms with van der Waals surface area (Å²) in [6.45, 7) is 2.01. The van der Waals surface area contributed by atoms with Crippen molar-refractivity contribution < 1.29 is 9.18 Å². The number of anilines is 3. The molecule has 126 valence electrons. The quantitative estimate of drug-likeness (QED) is 0.678. The standard InChI is InChI=1S/C19H15ClFN3O/c1-12-4-2-3-5-17(12)23-14-7-9-18(22-11-14)19(25)24-13-6-8-16(21)15(20)10-13/h2-11,23H,1H3,(H,24,25). The van der Waals surface area contributed by atoms with Crippen molar-refractivity contribution in [1.82, 2.24) is 4.98 Å². The Hall–Kier alpha value is -2.92. The van der Waals surface area contributed by atoms with Crippen LogP contribution in [0.4, 0.5) is 21.5 Å². The lowest BCUT2D eigenvalue weighted by Crippen LogP contribution is -2.13. The lowest BCUT2D eigenvalue weighted by molar-refractivity contribution is 0.102. The molecular formula is C19H15ClFN3O. The second-order valence-corrected chi connectivity index (χ2v) is 5.86. The van der Waals surface area contributed by atoms with Gasteiger partial charge in [0.05, 0.1) is 16.9 Å². The molecule has 0 aliphatic heterocycles. The molecule has 0 fully saturated rings. The third-order valence-electron chi connectivity index (χ3n) is 3.60. The van der Waals surface area contributed by atoms with Crippen molar-refractivity contribution in [1.29, 1.82) is 0 Å². The number of hydrogen-bond donors (Lipinski definition) is 2. The molecule has 6 heteroatoms. The van der Waals surface area contributed by atoms with Gasteiger partial charge in [-0.05, 0) is 48.9 Å². The fourth-order valence-electron chi connectivity index (χ4n) is 2.24. The number of carbonyl (C=O) groups excluding carboxylic acids is 1. The molecular weight excluding hydrogens is 341 g/mol. The van der Waals surface area contributed by atoms with Crippen LogP contribution in [-0.2, 0) is 0 Å². The van der Waals surface area contributed by atoms with Crippen molar-refractivity contribution in [2.45, 2.75) is 6.92 Å². The molecule has 4 nitrogen and oxygen atoms in total. The van der Waals surface area contributed by atoms with Crippen LogP contribution in [-0.4, -0.2) is 10.9 Å². The maximum absolute atomic E-state index is 13.1. The molecule has 1 amide bonds. The summed E-state index contributed by atoms with van der Waals surface area (Å²) >= 11 is 5.70. The van der Waals surface area contributed by atoms with E-state index < -0.39 is 11.7 Å². The van der Waals surface area contributed by atoms with Gasteiger partial charge in [0.15, 0.2) is 0 Å². The molecule has 2 N–H and O–H groups in total. The Bertz CT molecular complexity index is 913. The van der Waals surface area contributed by atoms with Crippen molar-refractivity contribution >= 4 is 34.6 Å². The zero-order chi connectivity index (χ0) is 17.8. The summed E-state index contributed by atoms with van der Waals surface area (Å²) in [5, 5.41) is 5.83. The number of aryl methyl sites for hydroxylation is 1. The van der Waals surface area contributed by atoms with E-state index in [1.165, 1.54) is 18.2 Å². The fraction of sp³-hybridized carbons (Fsp3) is 0.0526. The lowest BCUT2D eigenvalue weighted by Gasteiger charge is -2.10. The largest absolute Gasteiger partial charge is 0.354 e. The molecule has 1 heterocycles. The van der Waals surface area contributed by atoms with Gasteiger partial charge in [-0.2, -0.15) is 0 Å². The Balaban J connectivity index is 1.70. The zero-order valence-electron chi connectivity index (χ0n) is 13.4. The van der Waals surface area contributed by atoms with Gasteiger partial charge in [0, 0.05) is 11.4 Å². The molecule has 1 aromatic heterocycles. The van der Waals surface area contributed by atoms with E-state index in [1.807, 2.05) is 31.2 Å². The highest BCUT2D eigenvalue weighted by Crippen LogP contribution is 2.21. The van der Waals surface area contributed by atoms with E-state index in [1.54, 1.807) is 18.3 Å². The van der Waals surface area contributed by atoms with Gasteiger partial charge >= 0.3 is 0 Å². The van der Waals surface area contributed by atoms with Crippen LogP contribution in [0.1, 0.15) is 16.1 Å². The molecule has 2 aromatic carbocycles. The smallest absolute Gasteiger partial charge is 0.274 e. The number of benzene rings is 2. The minimum absolute atomic E-state index is 0.0523. The highest BCUT2D eigenvalue weighted by molar-refractivity contribution is 6.31. The number of hydrogen-bond acceptors (Lipinski definition) is 3. The summed E-state index contributed by atoms with van der Waals surface area (Å²) in [6.07, 6.45) is 1.58. The van der Waals surface area contributed by atoms with Crippen molar-refractivity contribution in [3.63, 3.8) is 0 Å². The SMILES string of the molecule is Cc1ccccc1Nc1ccc(C(=O)Nc2ccc(F)c(Cl)c2)nc1. The van der Waals surface area contributed by atoms with E-state index in [9.17, 15) is 9.18 Å². The molecule has 0 spiro atoms. The van der Waals surface area contributed by atoms with Gasteiger partial charge in [-0.15, -0.1) is 0 Å². The van der Waals surface area contributed by atoms with Crippen LogP contribution in [0.25, 0.3) is 0 Å². The topological polar surface area (TPSA) is 54.0 Å². The van der Waals surface area contributed by atoms with Gasteiger partial charge in [-0.3, -0.25) is 4.79 Å². The van der Waals surface area contributed by atoms with Crippen LogP contribution in [0.3, 0.4) is 0 Å². The van der Waals surface area contributed by atoms with Gasteiger partial charge < -0.3 is 10.6 Å². The normalized spacial score (nSPS) is 10.4. The summed E-state index contributed by atoms with van der Waals surface area (Å²) in [6, 6.07) is 15.2. The van der Waals surface area contributed by atoms with E-state index in [4.69, 9.17) is 11.6 Å². The minimum Gasteiger partial charge on any atom is -0.354 e. The Morgan fingerprint density at radius 2 is 1.84 bits per heavy atom. The highest BCUT2D eigenvalue weighted by Gasteiger charge is 2.09. The van der Waals surface area contributed by atoms with Crippen molar-refractivity contribution in [2.24, 2.45) is 0 Å².